The van der Waals surface area contributed by atoms with Crippen molar-refractivity contribution in [1.29, 1.82) is 0 Å². The molecule has 2 fully saturated rings. The van der Waals surface area contributed by atoms with Crippen molar-refractivity contribution in [2.75, 3.05) is 13.1 Å². The fourth-order valence-corrected chi connectivity index (χ4v) is 2.77. The van der Waals surface area contributed by atoms with Crippen LogP contribution in [0.2, 0.25) is 0 Å². The van der Waals surface area contributed by atoms with Gasteiger partial charge in [-0.15, -0.1) is 0 Å². The summed E-state index contributed by atoms with van der Waals surface area (Å²) in [5, 5.41) is 8.72. The van der Waals surface area contributed by atoms with Gasteiger partial charge in [-0.2, -0.15) is 0 Å². The van der Waals surface area contributed by atoms with Crippen molar-refractivity contribution in [3.63, 3.8) is 0 Å². The third-order valence-corrected chi connectivity index (χ3v) is 4.17. The number of rotatable bonds is 5. The van der Waals surface area contributed by atoms with Gasteiger partial charge in [-0.05, 0) is 50.9 Å². The number of nitrogens with zero attached hydrogens (tertiary/aromatic N) is 1. The Kier molecular flexibility index (Phi) is 4.61. The monoisotopic (exact) mass is 265 g/mol. The highest BCUT2D eigenvalue weighted by Gasteiger charge is 2.26. The largest absolute Gasteiger partial charge is 0.481 e. The van der Waals surface area contributed by atoms with Crippen molar-refractivity contribution in [2.24, 2.45) is 11.8 Å². The van der Waals surface area contributed by atoms with Crippen molar-refractivity contribution in [3.05, 3.63) is 11.6 Å². The Bertz CT molecular complexity index is 385. The Morgan fingerprint density at radius 1 is 1.32 bits per heavy atom. The first-order valence-electron chi connectivity index (χ1n) is 7.25. The third kappa shape index (κ3) is 4.37. The molecule has 0 aromatic rings. The summed E-state index contributed by atoms with van der Waals surface area (Å²) >= 11 is 0. The molecule has 0 spiro atoms. The Labute approximate surface area is 114 Å². The van der Waals surface area contributed by atoms with Crippen LogP contribution < -0.4 is 0 Å². The van der Waals surface area contributed by atoms with Crippen molar-refractivity contribution in [3.8, 4) is 0 Å². The van der Waals surface area contributed by atoms with E-state index in [9.17, 15) is 9.59 Å². The van der Waals surface area contributed by atoms with E-state index in [1.54, 1.807) is 6.08 Å². The minimum Gasteiger partial charge on any atom is -0.481 e. The normalized spacial score (nSPS) is 24.4. The lowest BCUT2D eigenvalue weighted by Gasteiger charge is -2.32. The number of allylic oxidation sites excluding steroid dienone is 1. The molecule has 1 N–H and O–H groups in total. The van der Waals surface area contributed by atoms with Gasteiger partial charge in [0.1, 0.15) is 0 Å². The molecule has 1 heterocycles. The summed E-state index contributed by atoms with van der Waals surface area (Å²) in [7, 11) is 0. The number of carbonyl (C=O) groups excluding carboxylic acids is 1. The summed E-state index contributed by atoms with van der Waals surface area (Å²) in [6.45, 7) is 3.58. The van der Waals surface area contributed by atoms with Crippen LogP contribution in [0.5, 0.6) is 0 Å². The van der Waals surface area contributed by atoms with Crippen LogP contribution in [0.4, 0.5) is 0 Å². The maximum absolute atomic E-state index is 12.2. The summed E-state index contributed by atoms with van der Waals surface area (Å²) in [5.41, 5.74) is 1.21. The summed E-state index contributed by atoms with van der Waals surface area (Å²) in [5.74, 6) is 0.359. The molecule has 1 atom stereocenters. The number of amides is 1. The molecule has 0 bridgehead atoms. The Morgan fingerprint density at radius 2 is 2.05 bits per heavy atom. The van der Waals surface area contributed by atoms with E-state index in [1.165, 1.54) is 18.4 Å². The van der Waals surface area contributed by atoms with Gasteiger partial charge >= 0.3 is 5.97 Å². The van der Waals surface area contributed by atoms with Crippen LogP contribution in [-0.2, 0) is 9.59 Å². The number of likely N-dealkylation sites (tertiary alicyclic amines) is 1. The van der Waals surface area contributed by atoms with E-state index >= 15 is 0 Å². The first-order chi connectivity index (χ1) is 9.06. The van der Waals surface area contributed by atoms with E-state index in [-0.39, 0.29) is 12.3 Å². The van der Waals surface area contributed by atoms with Crippen molar-refractivity contribution >= 4 is 11.9 Å². The summed E-state index contributed by atoms with van der Waals surface area (Å²) in [6.07, 6.45) is 7.16. The zero-order chi connectivity index (χ0) is 13.8. The first-order valence-corrected chi connectivity index (χ1v) is 7.25. The van der Waals surface area contributed by atoms with Crippen LogP contribution in [0.3, 0.4) is 0 Å². The maximum Gasteiger partial charge on any atom is 0.303 e. The maximum atomic E-state index is 12.2. The molecule has 19 heavy (non-hydrogen) atoms. The smallest absolute Gasteiger partial charge is 0.303 e. The summed E-state index contributed by atoms with van der Waals surface area (Å²) < 4.78 is 0. The molecular weight excluding hydrogens is 242 g/mol. The molecule has 2 aliphatic rings. The number of aliphatic carboxylic acids is 1. The van der Waals surface area contributed by atoms with Gasteiger partial charge in [0, 0.05) is 25.6 Å². The number of carbonyl (C=O) groups is 2. The van der Waals surface area contributed by atoms with Gasteiger partial charge in [0.15, 0.2) is 0 Å². The minimum atomic E-state index is -0.743. The SMILES string of the molecule is C/C(=C/C(=O)N1CCC[C@H](CCC(=O)O)C1)C1CC1. The minimum absolute atomic E-state index is 0.115. The van der Waals surface area contributed by atoms with E-state index < -0.39 is 5.97 Å². The predicted molar refractivity (Wildman–Crippen MR) is 72.7 cm³/mol. The molecule has 0 unspecified atom stereocenters. The second-order valence-corrected chi connectivity index (χ2v) is 5.89. The van der Waals surface area contributed by atoms with E-state index in [0.717, 1.165) is 25.9 Å². The van der Waals surface area contributed by atoms with Crippen molar-refractivity contribution in [1.82, 2.24) is 4.90 Å². The standard InChI is InChI=1S/C15H23NO3/c1-11(13-5-6-13)9-14(17)16-8-2-3-12(10-16)4-7-15(18)19/h9,12-13H,2-8,10H2,1H3,(H,18,19)/b11-9-/t12-/m1/s1. The number of hydrogen-bond acceptors (Lipinski definition) is 2. The molecule has 1 saturated heterocycles. The highest BCUT2D eigenvalue weighted by Crippen LogP contribution is 2.36. The zero-order valence-electron chi connectivity index (χ0n) is 11.6. The molecule has 1 saturated carbocycles. The van der Waals surface area contributed by atoms with Crippen LogP contribution in [0.1, 0.15) is 45.4 Å². The summed E-state index contributed by atoms with van der Waals surface area (Å²) in [6, 6.07) is 0. The predicted octanol–water partition coefficient (Wildman–Crippen LogP) is 2.45. The fraction of sp³-hybridized carbons (Fsp3) is 0.733. The molecule has 1 amide bonds. The van der Waals surface area contributed by atoms with Gasteiger partial charge in [0.25, 0.3) is 0 Å². The van der Waals surface area contributed by atoms with Gasteiger partial charge in [-0.25, -0.2) is 0 Å². The quantitative estimate of drug-likeness (QED) is 0.777. The number of hydrogen-bond donors (Lipinski definition) is 1. The topological polar surface area (TPSA) is 57.6 Å². The highest BCUT2D eigenvalue weighted by molar-refractivity contribution is 5.88. The van der Waals surface area contributed by atoms with Crippen LogP contribution in [0.25, 0.3) is 0 Å². The van der Waals surface area contributed by atoms with Gasteiger partial charge in [0.2, 0.25) is 5.91 Å². The van der Waals surface area contributed by atoms with E-state index in [2.05, 4.69) is 0 Å². The van der Waals surface area contributed by atoms with Crippen LogP contribution >= 0.6 is 0 Å². The number of carboxylic acids is 1. The lowest BCUT2D eigenvalue weighted by molar-refractivity contribution is -0.137. The average Bonchev–Trinajstić information content (AvgIpc) is 3.21. The molecule has 0 aromatic heterocycles. The molecule has 4 nitrogen and oxygen atoms in total. The third-order valence-electron chi connectivity index (χ3n) is 4.17. The van der Waals surface area contributed by atoms with Gasteiger partial charge in [-0.3, -0.25) is 9.59 Å². The van der Waals surface area contributed by atoms with E-state index in [0.29, 0.717) is 18.3 Å². The molecule has 106 valence electrons. The fourth-order valence-electron chi connectivity index (χ4n) is 2.77. The van der Waals surface area contributed by atoms with Gasteiger partial charge in [-0.1, -0.05) is 5.57 Å². The second-order valence-electron chi connectivity index (χ2n) is 5.89. The molecule has 1 aliphatic heterocycles. The second kappa shape index (κ2) is 6.22. The molecular formula is C15H23NO3. The Morgan fingerprint density at radius 3 is 2.68 bits per heavy atom. The molecule has 4 heteroatoms. The Hall–Kier alpha value is -1.32. The molecule has 2 rings (SSSR count). The van der Waals surface area contributed by atoms with Gasteiger partial charge < -0.3 is 10.0 Å². The summed E-state index contributed by atoms with van der Waals surface area (Å²) in [4.78, 5) is 24.6. The van der Waals surface area contributed by atoms with Crippen LogP contribution in [0.15, 0.2) is 11.6 Å². The van der Waals surface area contributed by atoms with E-state index in [1.807, 2.05) is 11.8 Å². The molecule has 1 aliphatic carbocycles. The van der Waals surface area contributed by atoms with E-state index in [4.69, 9.17) is 5.11 Å². The molecule has 0 radical (unpaired) electrons. The van der Waals surface area contributed by atoms with Gasteiger partial charge in [0.05, 0.1) is 0 Å². The average molecular weight is 265 g/mol. The first kappa shape index (κ1) is 14.1. The Balaban J connectivity index is 1.84. The lowest BCUT2D eigenvalue weighted by atomic mass is 9.93. The lowest BCUT2D eigenvalue weighted by Crippen LogP contribution is -2.39. The number of piperidine rings is 1. The number of carboxylic acid groups (broad SMARTS) is 1. The van der Waals surface area contributed by atoms with Crippen molar-refractivity contribution in [2.45, 2.75) is 45.4 Å². The zero-order valence-corrected chi connectivity index (χ0v) is 11.6. The highest BCUT2D eigenvalue weighted by atomic mass is 16.4. The van der Waals surface area contributed by atoms with Crippen LogP contribution in [0, 0.1) is 11.8 Å². The molecule has 0 aromatic carbocycles. The van der Waals surface area contributed by atoms with Crippen LogP contribution in [-0.4, -0.2) is 35.0 Å². The van der Waals surface area contributed by atoms with Crippen molar-refractivity contribution < 1.29 is 14.7 Å².